The summed E-state index contributed by atoms with van der Waals surface area (Å²) in [7, 11) is 0. The zero-order chi connectivity index (χ0) is 12.2. The summed E-state index contributed by atoms with van der Waals surface area (Å²) in [6.07, 6.45) is 1.74. The van der Waals surface area contributed by atoms with Crippen LogP contribution in [0, 0.1) is 5.41 Å². The summed E-state index contributed by atoms with van der Waals surface area (Å²) >= 11 is 0.957. The highest BCUT2D eigenvalue weighted by Gasteiger charge is 2.26. The van der Waals surface area contributed by atoms with E-state index in [9.17, 15) is 9.59 Å². The lowest BCUT2D eigenvalue weighted by atomic mass is 9.90. The van der Waals surface area contributed by atoms with E-state index < -0.39 is 11.4 Å². The minimum absolute atomic E-state index is 0.262. The summed E-state index contributed by atoms with van der Waals surface area (Å²) < 4.78 is 7.47. The Labute approximate surface area is 97.0 Å². The van der Waals surface area contributed by atoms with Crippen LogP contribution in [0.15, 0.2) is 6.20 Å². The van der Waals surface area contributed by atoms with Gasteiger partial charge >= 0.3 is 5.97 Å². The maximum atomic E-state index is 11.4. The van der Waals surface area contributed by atoms with E-state index in [1.807, 2.05) is 0 Å². The lowest BCUT2D eigenvalue weighted by Crippen LogP contribution is -2.32. The van der Waals surface area contributed by atoms with Crippen molar-refractivity contribution in [1.82, 2.24) is 14.1 Å². The first-order valence-electron chi connectivity index (χ1n) is 4.72. The molecule has 0 spiro atoms. The number of hydrogen-bond acceptors (Lipinski definition) is 5. The highest BCUT2D eigenvalue weighted by atomic mass is 32.1. The molecule has 0 aliphatic heterocycles. The highest BCUT2D eigenvalue weighted by molar-refractivity contribution is 6.99. The number of carboxylic acid groups (broad SMARTS) is 1. The molecule has 0 bridgehead atoms. The van der Waals surface area contributed by atoms with Gasteiger partial charge in [-0.05, 0) is 20.3 Å². The van der Waals surface area contributed by atoms with Gasteiger partial charge in [-0.2, -0.15) is 8.75 Å². The highest BCUT2D eigenvalue weighted by Crippen LogP contribution is 2.19. The first-order valence-corrected chi connectivity index (χ1v) is 5.45. The smallest absolute Gasteiger partial charge is 0.309 e. The standard InChI is InChI=1S/C9H13N3O3S/c1-9(2,8(14)15)3-4-10-7(13)6-5-11-16-12-6/h5H,3-4H2,1-2H3,(H,10,13)(H,14,15). The van der Waals surface area contributed by atoms with Crippen molar-refractivity contribution in [3.63, 3.8) is 0 Å². The van der Waals surface area contributed by atoms with Crippen molar-refractivity contribution in [2.75, 3.05) is 6.54 Å². The minimum Gasteiger partial charge on any atom is -0.481 e. The van der Waals surface area contributed by atoms with E-state index >= 15 is 0 Å². The Bertz CT molecular complexity index is 375. The van der Waals surface area contributed by atoms with Crippen LogP contribution in [0.2, 0.25) is 0 Å². The lowest BCUT2D eigenvalue weighted by Gasteiger charge is -2.18. The number of carbonyl (C=O) groups is 2. The lowest BCUT2D eigenvalue weighted by molar-refractivity contribution is -0.147. The third-order valence-electron chi connectivity index (χ3n) is 2.21. The first kappa shape index (κ1) is 12.6. The van der Waals surface area contributed by atoms with Crippen molar-refractivity contribution in [2.45, 2.75) is 20.3 Å². The third-order valence-corrected chi connectivity index (χ3v) is 2.69. The third kappa shape index (κ3) is 3.27. The zero-order valence-corrected chi connectivity index (χ0v) is 9.87. The molecule has 1 amide bonds. The van der Waals surface area contributed by atoms with Crippen LogP contribution in [0.3, 0.4) is 0 Å². The van der Waals surface area contributed by atoms with E-state index in [1.165, 1.54) is 6.20 Å². The van der Waals surface area contributed by atoms with Crippen LogP contribution < -0.4 is 5.32 Å². The maximum absolute atomic E-state index is 11.4. The van der Waals surface area contributed by atoms with Gasteiger partial charge in [0.15, 0.2) is 5.69 Å². The largest absolute Gasteiger partial charge is 0.481 e. The Morgan fingerprint density at radius 2 is 2.25 bits per heavy atom. The number of aromatic nitrogens is 2. The van der Waals surface area contributed by atoms with E-state index in [0.717, 1.165) is 11.7 Å². The number of nitrogens with one attached hydrogen (secondary N) is 1. The van der Waals surface area contributed by atoms with Crippen LogP contribution in [0.5, 0.6) is 0 Å². The molecule has 0 saturated heterocycles. The van der Waals surface area contributed by atoms with Gasteiger partial charge in [0.25, 0.3) is 5.91 Å². The summed E-state index contributed by atoms with van der Waals surface area (Å²) in [6.45, 7) is 3.54. The summed E-state index contributed by atoms with van der Waals surface area (Å²) in [5, 5.41) is 11.5. The number of rotatable bonds is 5. The first-order chi connectivity index (χ1) is 7.43. The molecule has 1 aromatic heterocycles. The fraction of sp³-hybridized carbons (Fsp3) is 0.556. The summed E-state index contributed by atoms with van der Waals surface area (Å²) in [5.74, 6) is -1.20. The summed E-state index contributed by atoms with van der Waals surface area (Å²) in [5.41, 5.74) is -0.578. The van der Waals surface area contributed by atoms with Crippen molar-refractivity contribution in [3.8, 4) is 0 Å². The van der Waals surface area contributed by atoms with Gasteiger partial charge in [-0.25, -0.2) is 0 Å². The van der Waals surface area contributed by atoms with Gasteiger partial charge < -0.3 is 10.4 Å². The molecule has 1 heterocycles. The van der Waals surface area contributed by atoms with Crippen LogP contribution in [0.4, 0.5) is 0 Å². The number of carbonyl (C=O) groups excluding carboxylic acids is 1. The van der Waals surface area contributed by atoms with Crippen molar-refractivity contribution in [1.29, 1.82) is 0 Å². The molecule has 0 radical (unpaired) electrons. The molecular weight excluding hydrogens is 230 g/mol. The molecule has 0 aliphatic rings. The molecule has 88 valence electrons. The van der Waals surface area contributed by atoms with Crippen LogP contribution in [0.25, 0.3) is 0 Å². The predicted octanol–water partition coefficient (Wildman–Crippen LogP) is 0.769. The van der Waals surface area contributed by atoms with Gasteiger partial charge in [-0.15, -0.1) is 0 Å². The molecule has 0 fully saturated rings. The molecular formula is C9H13N3O3S. The van der Waals surface area contributed by atoms with E-state index in [2.05, 4.69) is 14.1 Å². The number of amides is 1. The van der Waals surface area contributed by atoms with E-state index in [1.54, 1.807) is 13.8 Å². The van der Waals surface area contributed by atoms with Gasteiger partial charge in [0.05, 0.1) is 23.3 Å². The van der Waals surface area contributed by atoms with Crippen molar-refractivity contribution in [3.05, 3.63) is 11.9 Å². The Hall–Kier alpha value is -1.50. The topological polar surface area (TPSA) is 92.2 Å². The van der Waals surface area contributed by atoms with Gasteiger partial charge in [0.2, 0.25) is 0 Å². The maximum Gasteiger partial charge on any atom is 0.309 e. The summed E-state index contributed by atoms with van der Waals surface area (Å²) in [4.78, 5) is 22.2. The molecule has 0 atom stereocenters. The van der Waals surface area contributed by atoms with E-state index in [4.69, 9.17) is 5.11 Å². The fourth-order valence-corrected chi connectivity index (χ4v) is 1.36. The molecule has 7 heteroatoms. The monoisotopic (exact) mass is 243 g/mol. The normalized spacial score (nSPS) is 11.1. The molecule has 1 aromatic rings. The van der Waals surface area contributed by atoms with Crippen molar-refractivity contribution in [2.24, 2.45) is 5.41 Å². The van der Waals surface area contributed by atoms with Crippen LogP contribution in [-0.2, 0) is 4.79 Å². The Morgan fingerprint density at radius 1 is 1.56 bits per heavy atom. The van der Waals surface area contributed by atoms with Gasteiger partial charge in [-0.1, -0.05) is 0 Å². The Kier molecular flexibility index (Phi) is 3.94. The quantitative estimate of drug-likeness (QED) is 0.796. The van der Waals surface area contributed by atoms with Crippen LogP contribution in [0.1, 0.15) is 30.8 Å². The second-order valence-electron chi connectivity index (χ2n) is 3.99. The number of carboxylic acids is 1. The molecule has 1 rings (SSSR count). The molecule has 2 N–H and O–H groups in total. The summed E-state index contributed by atoms with van der Waals surface area (Å²) in [6, 6.07) is 0. The van der Waals surface area contributed by atoms with Crippen molar-refractivity contribution >= 4 is 23.6 Å². The number of nitrogens with zero attached hydrogens (tertiary/aromatic N) is 2. The van der Waals surface area contributed by atoms with Crippen LogP contribution >= 0.6 is 11.7 Å². The van der Waals surface area contributed by atoms with Gasteiger partial charge in [-0.3, -0.25) is 9.59 Å². The van der Waals surface area contributed by atoms with Gasteiger partial charge in [0.1, 0.15) is 0 Å². The minimum atomic E-state index is -0.878. The second kappa shape index (κ2) is 5.02. The molecule has 6 nitrogen and oxygen atoms in total. The zero-order valence-electron chi connectivity index (χ0n) is 9.06. The molecule has 0 saturated carbocycles. The molecule has 16 heavy (non-hydrogen) atoms. The predicted molar refractivity (Wildman–Crippen MR) is 58.3 cm³/mol. The average Bonchev–Trinajstić information content (AvgIpc) is 2.69. The SMILES string of the molecule is CC(C)(CCNC(=O)c1cnsn1)C(=O)O. The van der Waals surface area contributed by atoms with E-state index in [0.29, 0.717) is 13.0 Å². The molecule has 0 aromatic carbocycles. The Balaban J connectivity index is 2.37. The number of aliphatic carboxylic acids is 1. The van der Waals surface area contributed by atoms with E-state index in [-0.39, 0.29) is 11.6 Å². The van der Waals surface area contributed by atoms with Gasteiger partial charge in [0, 0.05) is 6.54 Å². The average molecular weight is 243 g/mol. The number of hydrogen-bond donors (Lipinski definition) is 2. The molecule has 0 unspecified atom stereocenters. The second-order valence-corrected chi connectivity index (χ2v) is 4.54. The Morgan fingerprint density at radius 3 is 2.75 bits per heavy atom. The fourth-order valence-electron chi connectivity index (χ4n) is 0.951. The van der Waals surface area contributed by atoms with Crippen LogP contribution in [-0.4, -0.2) is 32.3 Å². The molecule has 0 aliphatic carbocycles. The van der Waals surface area contributed by atoms with Crippen molar-refractivity contribution < 1.29 is 14.7 Å².